The molecular formula is C11H12N2O2S. The van der Waals surface area contributed by atoms with E-state index in [4.69, 9.17) is 0 Å². The highest BCUT2D eigenvalue weighted by Gasteiger charge is 2.19. The van der Waals surface area contributed by atoms with Gasteiger partial charge in [-0.3, -0.25) is 9.59 Å². The van der Waals surface area contributed by atoms with Gasteiger partial charge in [-0.25, -0.2) is 0 Å². The van der Waals surface area contributed by atoms with E-state index in [-0.39, 0.29) is 17.7 Å². The largest absolute Gasteiger partial charge is 0.378 e. The fraction of sp³-hybridized carbons (Fsp3) is 0.273. The molecule has 0 unspecified atom stereocenters. The summed E-state index contributed by atoms with van der Waals surface area (Å²) < 4.78 is 0. The van der Waals surface area contributed by atoms with Gasteiger partial charge in [0.25, 0.3) is 5.91 Å². The molecule has 2 rings (SSSR count). The van der Waals surface area contributed by atoms with E-state index in [0.29, 0.717) is 17.1 Å². The summed E-state index contributed by atoms with van der Waals surface area (Å²) in [5, 5.41) is 7.54. The summed E-state index contributed by atoms with van der Waals surface area (Å²) in [5.41, 5.74) is 0.344. The van der Waals surface area contributed by atoms with E-state index in [9.17, 15) is 9.59 Å². The molecule has 5 heteroatoms. The Labute approximate surface area is 97.4 Å². The molecule has 1 aliphatic rings. The van der Waals surface area contributed by atoms with Gasteiger partial charge in [-0.1, -0.05) is 6.07 Å². The van der Waals surface area contributed by atoms with Crippen molar-refractivity contribution >= 4 is 23.0 Å². The smallest absolute Gasteiger partial charge is 0.267 e. The van der Waals surface area contributed by atoms with Gasteiger partial charge in [-0.15, -0.1) is 11.3 Å². The predicted octanol–water partition coefficient (Wildman–Crippen LogP) is 0.923. The molecular weight excluding hydrogens is 224 g/mol. The predicted molar refractivity (Wildman–Crippen MR) is 62.3 cm³/mol. The van der Waals surface area contributed by atoms with Crippen LogP contribution in [0.5, 0.6) is 0 Å². The summed E-state index contributed by atoms with van der Waals surface area (Å²) >= 11 is 1.37. The van der Waals surface area contributed by atoms with Crippen LogP contribution in [0.3, 0.4) is 0 Å². The van der Waals surface area contributed by atoms with E-state index >= 15 is 0 Å². The highest BCUT2D eigenvalue weighted by molar-refractivity contribution is 7.12. The number of ketones is 1. The maximum Gasteiger partial charge on any atom is 0.267 e. The summed E-state index contributed by atoms with van der Waals surface area (Å²) in [5.74, 6) is -0.356. The molecule has 16 heavy (non-hydrogen) atoms. The molecule has 1 fully saturated rings. The molecule has 2 N–H and O–H groups in total. The minimum Gasteiger partial charge on any atom is -0.378 e. The lowest BCUT2D eigenvalue weighted by atomic mass is 10.2. The maximum atomic E-state index is 11.7. The molecule has 1 atom stereocenters. The first-order valence-corrected chi connectivity index (χ1v) is 5.89. The van der Waals surface area contributed by atoms with Crippen molar-refractivity contribution < 1.29 is 9.59 Å². The highest BCUT2D eigenvalue weighted by atomic mass is 32.1. The lowest BCUT2D eigenvalue weighted by Crippen LogP contribution is -2.49. The number of carbonyl (C=O) groups is 2. The Morgan fingerprint density at radius 1 is 1.62 bits per heavy atom. The van der Waals surface area contributed by atoms with Crippen LogP contribution in [-0.2, 0) is 4.79 Å². The second kappa shape index (κ2) is 4.49. The van der Waals surface area contributed by atoms with Crippen molar-refractivity contribution in [3.63, 3.8) is 0 Å². The van der Waals surface area contributed by atoms with Crippen molar-refractivity contribution in [3.05, 3.63) is 34.2 Å². The number of hydrogen-bond acceptors (Lipinski definition) is 4. The van der Waals surface area contributed by atoms with Gasteiger partial charge < -0.3 is 10.6 Å². The molecule has 1 saturated heterocycles. The van der Waals surface area contributed by atoms with Gasteiger partial charge in [-0.05, 0) is 18.4 Å². The van der Waals surface area contributed by atoms with E-state index in [1.54, 1.807) is 6.07 Å². The quantitative estimate of drug-likeness (QED) is 0.593. The number of thiophene rings is 1. The normalized spacial score (nSPS) is 22.7. The summed E-state index contributed by atoms with van der Waals surface area (Å²) in [6.07, 6.45) is 1.35. The zero-order valence-electron chi connectivity index (χ0n) is 8.82. The molecule has 0 aliphatic carbocycles. The van der Waals surface area contributed by atoms with Crippen LogP contribution >= 0.6 is 11.3 Å². The number of amides is 1. The van der Waals surface area contributed by atoms with Gasteiger partial charge in [0, 0.05) is 18.7 Å². The highest BCUT2D eigenvalue weighted by Crippen LogP contribution is 2.11. The summed E-state index contributed by atoms with van der Waals surface area (Å²) in [6, 6.07) is 3.65. The van der Waals surface area contributed by atoms with Crippen molar-refractivity contribution in [1.29, 1.82) is 0 Å². The maximum absolute atomic E-state index is 11.7. The summed E-state index contributed by atoms with van der Waals surface area (Å²) in [4.78, 5) is 23.9. The van der Waals surface area contributed by atoms with Crippen molar-refractivity contribution in [2.75, 3.05) is 6.54 Å². The van der Waals surface area contributed by atoms with E-state index in [2.05, 4.69) is 10.6 Å². The molecule has 2 heterocycles. The molecule has 1 aromatic rings. The molecule has 84 valence electrons. The van der Waals surface area contributed by atoms with E-state index in [1.807, 2.05) is 18.4 Å². The molecule has 4 nitrogen and oxygen atoms in total. The van der Waals surface area contributed by atoms with E-state index in [1.165, 1.54) is 17.4 Å². The Bertz CT molecular complexity index is 437. The number of rotatable bonds is 2. The fourth-order valence-electron chi connectivity index (χ4n) is 1.43. The topological polar surface area (TPSA) is 58.2 Å². The minimum atomic E-state index is -0.219. The molecule has 0 bridgehead atoms. The minimum absolute atomic E-state index is 0.0986. The number of hydrogen-bond donors (Lipinski definition) is 2. The van der Waals surface area contributed by atoms with Crippen LogP contribution in [0.2, 0.25) is 0 Å². The zero-order chi connectivity index (χ0) is 11.5. The number of carbonyl (C=O) groups excluding carboxylic acids is 2. The Kier molecular flexibility index (Phi) is 3.05. The third kappa shape index (κ3) is 2.30. The van der Waals surface area contributed by atoms with Crippen LogP contribution in [0.15, 0.2) is 29.3 Å². The molecule has 0 aromatic carbocycles. The zero-order valence-corrected chi connectivity index (χ0v) is 9.64. The first kappa shape index (κ1) is 10.9. The summed E-state index contributed by atoms with van der Waals surface area (Å²) in [6.45, 7) is 2.55. The first-order valence-electron chi connectivity index (χ1n) is 5.01. The van der Waals surface area contributed by atoms with Crippen LogP contribution in [0.1, 0.15) is 16.6 Å². The second-order valence-electron chi connectivity index (χ2n) is 3.65. The van der Waals surface area contributed by atoms with Gasteiger partial charge in [0.2, 0.25) is 0 Å². The van der Waals surface area contributed by atoms with Gasteiger partial charge >= 0.3 is 0 Å². The Morgan fingerprint density at radius 2 is 2.44 bits per heavy atom. The van der Waals surface area contributed by atoms with Crippen molar-refractivity contribution in [2.24, 2.45) is 0 Å². The number of nitrogens with one attached hydrogen (secondary N) is 2. The van der Waals surface area contributed by atoms with Gasteiger partial charge in [0.1, 0.15) is 5.70 Å². The Morgan fingerprint density at radius 3 is 3.06 bits per heavy atom. The molecule has 1 aliphatic heterocycles. The number of allylic oxidation sites excluding steroid dienone is 1. The van der Waals surface area contributed by atoms with Gasteiger partial charge in [0.15, 0.2) is 5.78 Å². The van der Waals surface area contributed by atoms with Crippen LogP contribution in [-0.4, -0.2) is 24.3 Å². The van der Waals surface area contributed by atoms with E-state index in [0.717, 1.165) is 0 Å². The third-order valence-corrected chi connectivity index (χ3v) is 3.14. The monoisotopic (exact) mass is 236 g/mol. The van der Waals surface area contributed by atoms with Crippen molar-refractivity contribution in [2.45, 2.75) is 13.0 Å². The average molecular weight is 236 g/mol. The van der Waals surface area contributed by atoms with E-state index < -0.39 is 0 Å². The van der Waals surface area contributed by atoms with Crippen LogP contribution in [0, 0.1) is 0 Å². The van der Waals surface area contributed by atoms with Crippen LogP contribution < -0.4 is 10.6 Å². The first-order chi connectivity index (χ1) is 7.66. The molecule has 1 aromatic heterocycles. The van der Waals surface area contributed by atoms with Gasteiger partial charge in [-0.2, -0.15) is 0 Å². The Hall–Kier alpha value is -1.62. The second-order valence-corrected chi connectivity index (χ2v) is 4.60. The Balaban J connectivity index is 2.13. The molecule has 1 amide bonds. The molecule has 0 spiro atoms. The third-order valence-electron chi connectivity index (χ3n) is 2.26. The number of piperazine rings is 1. The fourth-order valence-corrected chi connectivity index (χ4v) is 2.07. The lowest BCUT2D eigenvalue weighted by Gasteiger charge is -2.23. The lowest BCUT2D eigenvalue weighted by molar-refractivity contribution is -0.119. The average Bonchev–Trinajstić information content (AvgIpc) is 2.75. The van der Waals surface area contributed by atoms with Crippen molar-refractivity contribution in [3.8, 4) is 0 Å². The van der Waals surface area contributed by atoms with Crippen LogP contribution in [0.4, 0.5) is 0 Å². The van der Waals surface area contributed by atoms with Gasteiger partial charge in [0.05, 0.1) is 4.88 Å². The summed E-state index contributed by atoms with van der Waals surface area (Å²) in [7, 11) is 0. The molecule has 0 radical (unpaired) electrons. The standard InChI is InChI=1S/C11H12N2O2S/c1-7-6-12-8(11(15)13-7)5-9(14)10-3-2-4-16-10/h2-5,7,12H,6H2,1H3,(H,13,15)/b8-5-/t7-/m1/s1. The van der Waals surface area contributed by atoms with Crippen LogP contribution in [0.25, 0.3) is 0 Å². The van der Waals surface area contributed by atoms with Crippen molar-refractivity contribution in [1.82, 2.24) is 10.6 Å². The SMILES string of the molecule is C[C@@H]1CN/C(=C\C(=O)c2cccs2)C(=O)N1. The molecule has 0 saturated carbocycles.